The van der Waals surface area contributed by atoms with Gasteiger partial charge in [-0.25, -0.2) is 0 Å². The summed E-state index contributed by atoms with van der Waals surface area (Å²) in [4.78, 5) is 31.6. The van der Waals surface area contributed by atoms with Gasteiger partial charge in [0.15, 0.2) is 0 Å². The van der Waals surface area contributed by atoms with Crippen LogP contribution in [0.25, 0.3) is 11.1 Å². The molecule has 4 rings (SSSR count). The maximum absolute atomic E-state index is 12.8. The summed E-state index contributed by atoms with van der Waals surface area (Å²) in [5, 5.41) is 7.00. The summed E-state index contributed by atoms with van der Waals surface area (Å²) >= 11 is 1.68. The molecule has 3 heterocycles. The molecule has 1 aromatic carbocycles. The molecule has 1 fully saturated rings. The summed E-state index contributed by atoms with van der Waals surface area (Å²) in [6.45, 7) is 0.949. The van der Waals surface area contributed by atoms with Gasteiger partial charge in [0, 0.05) is 26.3 Å². The van der Waals surface area contributed by atoms with Crippen LogP contribution < -0.4 is 5.32 Å². The number of pyridine rings is 1. The molecule has 2 amide bonds. The van der Waals surface area contributed by atoms with Gasteiger partial charge in [0.25, 0.3) is 5.91 Å². The van der Waals surface area contributed by atoms with E-state index in [1.54, 1.807) is 47.7 Å². The lowest BCUT2D eigenvalue weighted by atomic mass is 9.79. The number of aromatic nitrogens is 1. The van der Waals surface area contributed by atoms with Gasteiger partial charge < -0.3 is 10.2 Å². The number of nitrogens with zero attached hydrogens (tertiary/aromatic N) is 2. The third kappa shape index (κ3) is 3.93. The number of hydrogen-bond acceptors (Lipinski definition) is 4. The molecule has 1 saturated heterocycles. The highest BCUT2D eigenvalue weighted by Gasteiger charge is 2.45. The standard InChI is InChI=1S/C23H23N3O2S/c1-24-22(28)23(10-12-26(16-23)21(27)20-4-2-3-11-25-20)14-17-5-7-18(8-6-17)19-9-13-29-15-19/h2-9,11,13,15H,10,12,14,16H2,1H3,(H,24,28)/t23-/m1/s1. The highest BCUT2D eigenvalue weighted by Crippen LogP contribution is 2.36. The summed E-state index contributed by atoms with van der Waals surface area (Å²) < 4.78 is 0. The third-order valence-electron chi connectivity index (χ3n) is 5.58. The Bertz CT molecular complexity index is 987. The van der Waals surface area contributed by atoms with Gasteiger partial charge in [-0.15, -0.1) is 0 Å². The minimum absolute atomic E-state index is 0.0178. The van der Waals surface area contributed by atoms with E-state index in [-0.39, 0.29) is 11.8 Å². The van der Waals surface area contributed by atoms with Crippen molar-refractivity contribution < 1.29 is 9.59 Å². The Morgan fingerprint density at radius 3 is 2.62 bits per heavy atom. The molecule has 0 spiro atoms. The normalized spacial score (nSPS) is 18.6. The first-order valence-corrected chi connectivity index (χ1v) is 10.6. The zero-order valence-electron chi connectivity index (χ0n) is 16.3. The number of hydrogen-bond donors (Lipinski definition) is 1. The van der Waals surface area contributed by atoms with Crippen LogP contribution in [0, 0.1) is 5.41 Å². The number of thiophene rings is 1. The molecular formula is C23H23N3O2S. The molecule has 0 unspecified atom stereocenters. The Kier molecular flexibility index (Phi) is 5.45. The van der Waals surface area contributed by atoms with Gasteiger partial charge >= 0.3 is 0 Å². The van der Waals surface area contributed by atoms with Crippen molar-refractivity contribution in [2.45, 2.75) is 12.8 Å². The Hall–Kier alpha value is -2.99. The molecule has 0 aliphatic carbocycles. The lowest BCUT2D eigenvalue weighted by molar-refractivity contribution is -0.129. The second kappa shape index (κ2) is 8.17. The average molecular weight is 406 g/mol. The molecule has 1 aliphatic heterocycles. The van der Waals surface area contributed by atoms with Crippen LogP contribution in [0.5, 0.6) is 0 Å². The van der Waals surface area contributed by atoms with Crippen molar-refractivity contribution in [3.63, 3.8) is 0 Å². The van der Waals surface area contributed by atoms with Crippen molar-refractivity contribution in [1.82, 2.24) is 15.2 Å². The van der Waals surface area contributed by atoms with Gasteiger partial charge in [-0.3, -0.25) is 14.6 Å². The molecule has 1 atom stereocenters. The predicted octanol–water partition coefficient (Wildman–Crippen LogP) is 3.63. The van der Waals surface area contributed by atoms with Crippen LogP contribution in [0.1, 0.15) is 22.5 Å². The van der Waals surface area contributed by atoms with E-state index in [1.165, 1.54) is 11.1 Å². The zero-order valence-corrected chi connectivity index (χ0v) is 17.1. The first-order valence-electron chi connectivity index (χ1n) is 9.65. The first kappa shape index (κ1) is 19.3. The van der Waals surface area contributed by atoms with Crippen molar-refractivity contribution in [3.8, 4) is 11.1 Å². The second-order valence-electron chi connectivity index (χ2n) is 7.44. The van der Waals surface area contributed by atoms with Gasteiger partial charge in [-0.05, 0) is 58.5 Å². The van der Waals surface area contributed by atoms with E-state index in [1.807, 2.05) is 0 Å². The number of amides is 2. The molecular weight excluding hydrogens is 382 g/mol. The topological polar surface area (TPSA) is 62.3 Å². The van der Waals surface area contributed by atoms with Crippen LogP contribution in [0.4, 0.5) is 0 Å². The maximum atomic E-state index is 12.8. The Morgan fingerprint density at radius 1 is 1.14 bits per heavy atom. The van der Waals surface area contributed by atoms with Crippen molar-refractivity contribution in [2.75, 3.05) is 20.1 Å². The van der Waals surface area contributed by atoms with Gasteiger partial charge in [-0.1, -0.05) is 30.3 Å². The third-order valence-corrected chi connectivity index (χ3v) is 6.27. The summed E-state index contributed by atoms with van der Waals surface area (Å²) in [7, 11) is 1.66. The molecule has 5 nitrogen and oxygen atoms in total. The van der Waals surface area contributed by atoms with Crippen LogP contribution >= 0.6 is 11.3 Å². The van der Waals surface area contributed by atoms with Crippen LogP contribution in [0.15, 0.2) is 65.5 Å². The summed E-state index contributed by atoms with van der Waals surface area (Å²) in [5.74, 6) is -0.139. The number of benzene rings is 1. The predicted molar refractivity (Wildman–Crippen MR) is 115 cm³/mol. The summed E-state index contributed by atoms with van der Waals surface area (Å²) in [5.41, 5.74) is 3.27. The lowest BCUT2D eigenvalue weighted by Gasteiger charge is -2.27. The quantitative estimate of drug-likeness (QED) is 0.705. The molecule has 0 radical (unpaired) electrons. The number of rotatable bonds is 5. The molecule has 1 N–H and O–H groups in total. The molecule has 1 aliphatic rings. The van der Waals surface area contributed by atoms with E-state index in [0.717, 1.165) is 5.56 Å². The largest absolute Gasteiger partial charge is 0.359 e. The van der Waals surface area contributed by atoms with Crippen molar-refractivity contribution in [2.24, 2.45) is 5.41 Å². The average Bonchev–Trinajstić information content (AvgIpc) is 3.45. The highest BCUT2D eigenvalue weighted by atomic mass is 32.1. The number of carbonyl (C=O) groups excluding carboxylic acids is 2. The molecule has 0 saturated carbocycles. The fraction of sp³-hybridized carbons (Fsp3) is 0.261. The fourth-order valence-electron chi connectivity index (χ4n) is 4.01. The Labute approximate surface area is 174 Å². The van der Waals surface area contributed by atoms with Gasteiger partial charge in [0.2, 0.25) is 5.91 Å². The maximum Gasteiger partial charge on any atom is 0.272 e. The minimum atomic E-state index is -0.622. The Morgan fingerprint density at radius 2 is 1.97 bits per heavy atom. The first-order chi connectivity index (χ1) is 14.1. The molecule has 2 aromatic heterocycles. The number of carbonyl (C=O) groups is 2. The summed E-state index contributed by atoms with van der Waals surface area (Å²) in [6, 6.07) is 15.8. The molecule has 0 bridgehead atoms. The van der Waals surface area contributed by atoms with Gasteiger partial charge in [0.05, 0.1) is 5.41 Å². The molecule has 148 valence electrons. The van der Waals surface area contributed by atoms with Crippen molar-refractivity contribution in [3.05, 3.63) is 76.7 Å². The minimum Gasteiger partial charge on any atom is -0.359 e. The van der Waals surface area contributed by atoms with Gasteiger partial charge in [-0.2, -0.15) is 11.3 Å². The fourth-order valence-corrected chi connectivity index (χ4v) is 4.67. The van der Waals surface area contributed by atoms with E-state index in [9.17, 15) is 9.59 Å². The zero-order chi connectivity index (χ0) is 20.3. The van der Waals surface area contributed by atoms with Crippen LogP contribution in [-0.2, 0) is 11.2 Å². The van der Waals surface area contributed by atoms with E-state index >= 15 is 0 Å². The van der Waals surface area contributed by atoms with Crippen LogP contribution in [-0.4, -0.2) is 41.8 Å². The second-order valence-corrected chi connectivity index (χ2v) is 8.22. The van der Waals surface area contributed by atoms with E-state index in [4.69, 9.17) is 0 Å². The smallest absolute Gasteiger partial charge is 0.272 e. The van der Waals surface area contributed by atoms with E-state index in [0.29, 0.717) is 31.6 Å². The summed E-state index contributed by atoms with van der Waals surface area (Å²) in [6.07, 6.45) is 2.85. The molecule has 3 aromatic rings. The SMILES string of the molecule is CNC(=O)[C@@]1(Cc2ccc(-c3ccsc3)cc2)CCN(C(=O)c2ccccn2)C1. The van der Waals surface area contributed by atoms with Crippen molar-refractivity contribution >= 4 is 23.2 Å². The van der Waals surface area contributed by atoms with Crippen LogP contribution in [0.3, 0.4) is 0 Å². The monoisotopic (exact) mass is 405 g/mol. The van der Waals surface area contributed by atoms with Crippen molar-refractivity contribution in [1.29, 1.82) is 0 Å². The van der Waals surface area contributed by atoms with E-state index in [2.05, 4.69) is 51.4 Å². The molecule has 29 heavy (non-hydrogen) atoms. The number of likely N-dealkylation sites (tertiary alicyclic amines) is 1. The highest BCUT2D eigenvalue weighted by molar-refractivity contribution is 7.08. The molecule has 6 heteroatoms. The van der Waals surface area contributed by atoms with E-state index < -0.39 is 5.41 Å². The van der Waals surface area contributed by atoms with Gasteiger partial charge in [0.1, 0.15) is 5.69 Å². The lowest BCUT2D eigenvalue weighted by Crippen LogP contribution is -2.44. The Balaban J connectivity index is 1.54. The van der Waals surface area contributed by atoms with Crippen LogP contribution in [0.2, 0.25) is 0 Å². The number of nitrogens with one attached hydrogen (secondary N) is 1.